The van der Waals surface area contributed by atoms with E-state index in [2.05, 4.69) is 76.4 Å². The Morgan fingerprint density at radius 2 is 1.00 bits per heavy atom. The monoisotopic (exact) mass is 592 g/mol. The van der Waals surface area contributed by atoms with E-state index >= 15 is 0 Å². The molecule has 0 aliphatic carbocycles. The molecule has 2 aliphatic rings. The topological polar surface area (TPSA) is 104 Å². The number of hydroxylamine groups is 6. The number of rotatable bonds is 12. The van der Waals surface area contributed by atoms with Crippen molar-refractivity contribution in [2.75, 3.05) is 36.8 Å². The zero-order valence-corrected chi connectivity index (χ0v) is 27.2. The normalized spacial score (nSPS) is 25.2. The molecule has 4 rings (SSSR count). The Balaban J connectivity index is 1.42. The Hall–Kier alpha value is -2.78. The minimum atomic E-state index is -0.685. The van der Waals surface area contributed by atoms with Gasteiger partial charge in [0.1, 0.15) is 0 Å². The molecule has 8 heteroatoms. The van der Waals surface area contributed by atoms with Crippen LogP contribution in [0.5, 0.6) is 0 Å². The number of nitrogens with zero attached hydrogens (tertiary/aromatic N) is 2. The fourth-order valence-electron chi connectivity index (χ4n) is 7.45. The number of hydrogen-bond donors (Lipinski definition) is 2. The Kier molecular flexibility index (Phi) is 10.7. The Labute approximate surface area is 258 Å². The van der Waals surface area contributed by atoms with Crippen LogP contribution in [0.4, 0.5) is 11.4 Å². The van der Waals surface area contributed by atoms with Gasteiger partial charge in [0.05, 0.1) is 26.2 Å². The number of carbonyl (C=O) groups excluding carboxylic acids is 2. The van der Waals surface area contributed by atoms with E-state index in [1.807, 2.05) is 0 Å². The molecule has 0 bridgehead atoms. The van der Waals surface area contributed by atoms with Crippen molar-refractivity contribution in [3.63, 3.8) is 0 Å². The highest BCUT2D eigenvalue weighted by atomic mass is 16.6. The number of anilines is 2. The van der Waals surface area contributed by atoms with Crippen molar-refractivity contribution >= 4 is 23.2 Å². The van der Waals surface area contributed by atoms with Gasteiger partial charge in [0.25, 0.3) is 11.8 Å². The molecule has 0 unspecified atom stereocenters. The molecule has 43 heavy (non-hydrogen) atoms. The van der Waals surface area contributed by atoms with Crippen molar-refractivity contribution in [1.29, 1.82) is 0 Å². The molecular weight excluding hydrogens is 540 g/mol. The number of carbonyl (C=O) groups is 2. The summed E-state index contributed by atoms with van der Waals surface area (Å²) >= 11 is 0. The van der Waals surface area contributed by atoms with Crippen LogP contribution in [0.2, 0.25) is 0 Å². The van der Waals surface area contributed by atoms with Gasteiger partial charge < -0.3 is 30.3 Å². The zero-order chi connectivity index (χ0) is 31.4. The molecule has 2 aliphatic heterocycles. The number of hydrogen-bond acceptors (Lipinski definition) is 4. The molecule has 0 radical (unpaired) electrons. The molecule has 2 amide bonds. The summed E-state index contributed by atoms with van der Waals surface area (Å²) in [6, 6.07) is 7.05. The maximum atomic E-state index is 14.0. The fourth-order valence-corrected chi connectivity index (χ4v) is 7.45. The second-order valence-electron chi connectivity index (χ2n) is 12.8. The van der Waals surface area contributed by atoms with Crippen LogP contribution in [0.3, 0.4) is 0 Å². The number of nitrogens with one attached hydrogen (secondary N) is 2. The summed E-state index contributed by atoms with van der Waals surface area (Å²) in [6.45, 7) is 13.6. The van der Waals surface area contributed by atoms with Gasteiger partial charge in [0, 0.05) is 43.5 Å². The van der Waals surface area contributed by atoms with Gasteiger partial charge >= 0.3 is 0 Å². The van der Waals surface area contributed by atoms with E-state index in [9.17, 15) is 20.0 Å². The first-order valence-corrected chi connectivity index (χ1v) is 16.5. The van der Waals surface area contributed by atoms with Crippen LogP contribution >= 0.6 is 0 Å². The minimum Gasteiger partial charge on any atom is -0.632 e. The Morgan fingerprint density at radius 3 is 1.30 bits per heavy atom. The van der Waals surface area contributed by atoms with Gasteiger partial charge in [-0.2, -0.15) is 0 Å². The van der Waals surface area contributed by atoms with Crippen molar-refractivity contribution in [2.24, 2.45) is 0 Å². The summed E-state index contributed by atoms with van der Waals surface area (Å²) in [7, 11) is 0. The highest BCUT2D eigenvalue weighted by Gasteiger charge is 2.43. The lowest BCUT2D eigenvalue weighted by Crippen LogP contribution is -2.55. The second-order valence-corrected chi connectivity index (χ2v) is 12.8. The van der Waals surface area contributed by atoms with Crippen LogP contribution in [-0.2, 0) is 35.3 Å². The minimum absolute atomic E-state index is 0.210. The molecule has 2 saturated heterocycles. The van der Waals surface area contributed by atoms with Crippen molar-refractivity contribution in [3.8, 4) is 0 Å². The second kappa shape index (κ2) is 13.9. The van der Waals surface area contributed by atoms with E-state index in [1.54, 1.807) is 0 Å². The number of amides is 2. The van der Waals surface area contributed by atoms with E-state index in [-0.39, 0.29) is 24.9 Å². The molecule has 2 fully saturated rings. The number of likely N-dealkylation sites (tertiary alicyclic amines) is 2. The van der Waals surface area contributed by atoms with Crippen LogP contribution in [0.25, 0.3) is 0 Å². The first-order chi connectivity index (χ1) is 20.5. The summed E-state index contributed by atoms with van der Waals surface area (Å²) in [4.78, 5) is 27.1. The van der Waals surface area contributed by atoms with Gasteiger partial charge in [0.15, 0.2) is 12.1 Å². The quantitative estimate of drug-likeness (QED) is 0.218. The number of quaternary nitrogens is 2. The molecule has 0 aromatic heterocycles. The Morgan fingerprint density at radius 1 is 0.674 bits per heavy atom. The maximum absolute atomic E-state index is 14.0. The van der Waals surface area contributed by atoms with Crippen LogP contribution in [0.1, 0.15) is 93.2 Å². The molecule has 4 atom stereocenters. The molecule has 8 nitrogen and oxygen atoms in total. The van der Waals surface area contributed by atoms with Crippen LogP contribution in [0.15, 0.2) is 24.3 Å². The van der Waals surface area contributed by atoms with Crippen LogP contribution in [-0.4, -0.2) is 59.4 Å². The van der Waals surface area contributed by atoms with E-state index in [0.29, 0.717) is 45.2 Å². The van der Waals surface area contributed by atoms with Gasteiger partial charge in [-0.05, 0) is 61.8 Å². The Bertz CT molecular complexity index is 1180. The summed E-state index contributed by atoms with van der Waals surface area (Å²) in [5, 5.41) is 34.3. The van der Waals surface area contributed by atoms with Crippen LogP contribution in [0, 0.1) is 24.3 Å². The lowest BCUT2D eigenvalue weighted by atomic mass is 9.99. The molecule has 0 spiro atoms. The fraction of sp³-hybridized carbons (Fsp3) is 0.600. The van der Waals surface area contributed by atoms with E-state index < -0.39 is 21.4 Å². The first kappa shape index (κ1) is 33.1. The van der Waals surface area contributed by atoms with Gasteiger partial charge in [0.2, 0.25) is 0 Å². The third-order valence-electron chi connectivity index (χ3n) is 9.75. The average Bonchev–Trinajstić information content (AvgIpc) is 3.56. The smallest absolute Gasteiger partial charge is 0.283 e. The van der Waals surface area contributed by atoms with Crippen molar-refractivity contribution in [3.05, 3.63) is 68.1 Å². The molecule has 2 aromatic rings. The van der Waals surface area contributed by atoms with Gasteiger partial charge in [-0.25, -0.2) is 0 Å². The standard InChI is InChI=1S/C35H52N4O4/c1-7-26-20-24(5)21-27(8-2)32(26)36-34(40)30-14-11-16-38(30,42)18-13-19-39(43)17-12-15-31(39)35(41)37-33-28(9-3)22-25(6)23-29(33)10-4/h20-23,30-31H,7-19H2,1-6H3,(H,36,40)(H,37,41)/t30-,31-,38+,39+/m0/s1. The summed E-state index contributed by atoms with van der Waals surface area (Å²) in [5.41, 5.74) is 8.38. The molecule has 236 valence electrons. The maximum Gasteiger partial charge on any atom is 0.283 e. The highest BCUT2D eigenvalue weighted by Crippen LogP contribution is 2.33. The number of aryl methyl sites for hydroxylation is 6. The predicted octanol–water partition coefficient (Wildman–Crippen LogP) is 6.47. The van der Waals surface area contributed by atoms with Gasteiger partial charge in [-0.3, -0.25) is 9.59 Å². The van der Waals surface area contributed by atoms with E-state index in [0.717, 1.165) is 59.3 Å². The zero-order valence-electron chi connectivity index (χ0n) is 27.2. The number of benzene rings is 2. The third kappa shape index (κ3) is 7.14. The first-order valence-electron chi connectivity index (χ1n) is 16.5. The molecule has 2 aromatic carbocycles. The SMILES string of the molecule is CCc1cc(C)cc(CC)c1NC(=O)[C@@H]1CCC[N@@+]1([O-])CCC[N@+]1([O-])CCC[C@H]1C(=O)Nc1c(CC)cc(C)cc1CC. The summed E-state index contributed by atoms with van der Waals surface area (Å²) < 4.78 is -1.19. The lowest BCUT2D eigenvalue weighted by Gasteiger charge is -2.46. The molecule has 0 saturated carbocycles. The van der Waals surface area contributed by atoms with Gasteiger partial charge in [-0.15, -0.1) is 0 Å². The predicted molar refractivity (Wildman–Crippen MR) is 175 cm³/mol. The third-order valence-corrected chi connectivity index (χ3v) is 9.75. The molecule has 2 N–H and O–H groups in total. The van der Waals surface area contributed by atoms with Gasteiger partial charge in [-0.1, -0.05) is 63.1 Å². The summed E-state index contributed by atoms with van der Waals surface area (Å²) in [6.07, 6.45) is 6.05. The van der Waals surface area contributed by atoms with Crippen LogP contribution < -0.4 is 10.6 Å². The lowest BCUT2D eigenvalue weighted by molar-refractivity contribution is -0.902. The van der Waals surface area contributed by atoms with Crippen molar-refractivity contribution in [2.45, 2.75) is 111 Å². The van der Waals surface area contributed by atoms with Crippen molar-refractivity contribution in [1.82, 2.24) is 0 Å². The molecular formula is C35H52N4O4. The summed E-state index contributed by atoms with van der Waals surface area (Å²) in [5.74, 6) is -0.441. The molecule has 2 heterocycles. The van der Waals surface area contributed by atoms with E-state index in [1.165, 1.54) is 11.1 Å². The van der Waals surface area contributed by atoms with Crippen molar-refractivity contribution < 1.29 is 18.9 Å². The van der Waals surface area contributed by atoms with E-state index in [4.69, 9.17) is 0 Å². The largest absolute Gasteiger partial charge is 0.632 e. The average molecular weight is 593 g/mol. The highest BCUT2D eigenvalue weighted by molar-refractivity contribution is 5.96.